The molecule has 0 spiro atoms. The van der Waals surface area contributed by atoms with Crippen LogP contribution in [0.5, 0.6) is 0 Å². The van der Waals surface area contributed by atoms with Gasteiger partial charge in [0.1, 0.15) is 0 Å². The molecule has 1 aliphatic heterocycles. The first kappa shape index (κ1) is 19.2. The van der Waals surface area contributed by atoms with Crippen LogP contribution in [0, 0.1) is 0 Å². The van der Waals surface area contributed by atoms with Gasteiger partial charge in [-0.15, -0.1) is 11.3 Å². The Morgan fingerprint density at radius 2 is 1.87 bits per heavy atom. The largest absolute Gasteiger partial charge is 0.417 e. The lowest BCUT2D eigenvalue weighted by molar-refractivity contribution is -0.136. The van der Waals surface area contributed by atoms with Gasteiger partial charge in [-0.1, -0.05) is 24.3 Å². The summed E-state index contributed by atoms with van der Waals surface area (Å²) in [5.74, 6) is 0.787. The van der Waals surface area contributed by atoms with Gasteiger partial charge in [-0.3, -0.25) is 0 Å². The van der Waals surface area contributed by atoms with Gasteiger partial charge in [0, 0.05) is 52.4 Å². The summed E-state index contributed by atoms with van der Waals surface area (Å²) in [6, 6.07) is 13.4. The summed E-state index contributed by atoms with van der Waals surface area (Å²) >= 11 is 1.15. The Kier molecular flexibility index (Phi) is 4.60. The minimum Gasteiger partial charge on any atom is -0.301 e. The molecule has 1 aliphatic rings. The van der Waals surface area contributed by atoms with Crippen LogP contribution in [0.15, 0.2) is 60.2 Å². The third-order valence-electron chi connectivity index (χ3n) is 5.58. The normalized spacial score (nSPS) is 17.3. The second-order valence-electron chi connectivity index (χ2n) is 7.64. The van der Waals surface area contributed by atoms with Gasteiger partial charge in [-0.2, -0.15) is 13.2 Å². The second kappa shape index (κ2) is 7.18. The van der Waals surface area contributed by atoms with Crippen LogP contribution in [0.4, 0.5) is 13.2 Å². The maximum atomic E-state index is 13.2. The summed E-state index contributed by atoms with van der Waals surface area (Å²) in [5.41, 5.74) is 3.85. The van der Waals surface area contributed by atoms with E-state index in [0.717, 1.165) is 35.6 Å². The molecule has 3 nitrogen and oxygen atoms in total. The topological polar surface area (TPSA) is 29.0 Å². The quantitative estimate of drug-likeness (QED) is 0.397. The van der Waals surface area contributed by atoms with Gasteiger partial charge in [0.25, 0.3) is 0 Å². The number of alkyl halides is 3. The molecule has 0 radical (unpaired) electrons. The van der Waals surface area contributed by atoms with Crippen LogP contribution in [0.2, 0.25) is 0 Å². The molecule has 0 saturated carbocycles. The molecule has 0 bridgehead atoms. The number of benzene rings is 2. The van der Waals surface area contributed by atoms with E-state index in [1.54, 1.807) is 24.5 Å². The fourth-order valence-electron chi connectivity index (χ4n) is 4.20. The van der Waals surface area contributed by atoms with Crippen LogP contribution in [0.25, 0.3) is 21.5 Å². The molecule has 4 aromatic rings. The van der Waals surface area contributed by atoms with Crippen molar-refractivity contribution in [2.24, 2.45) is 0 Å². The molecule has 0 aliphatic carbocycles. The van der Waals surface area contributed by atoms with Gasteiger partial charge in [-0.25, -0.2) is 9.97 Å². The molecule has 3 heterocycles. The highest BCUT2D eigenvalue weighted by Crippen LogP contribution is 2.41. The van der Waals surface area contributed by atoms with Gasteiger partial charge >= 0.3 is 6.18 Å². The third kappa shape index (κ3) is 3.38. The van der Waals surface area contributed by atoms with E-state index in [1.165, 1.54) is 16.5 Å². The summed E-state index contributed by atoms with van der Waals surface area (Å²) in [7, 11) is 2.06. The number of nitrogens with zero attached hydrogens (tertiary/aromatic N) is 3. The molecule has 30 heavy (non-hydrogen) atoms. The highest BCUT2D eigenvalue weighted by molar-refractivity contribution is 7.17. The van der Waals surface area contributed by atoms with Crippen molar-refractivity contribution >= 4 is 21.4 Å². The lowest BCUT2D eigenvalue weighted by atomic mass is 9.84. The predicted molar refractivity (Wildman–Crippen MR) is 112 cm³/mol. The summed E-state index contributed by atoms with van der Waals surface area (Å²) in [4.78, 5) is 10.9. The molecule has 2 aromatic heterocycles. The maximum Gasteiger partial charge on any atom is 0.417 e. The van der Waals surface area contributed by atoms with Crippen LogP contribution in [0.1, 0.15) is 28.2 Å². The highest BCUT2D eigenvalue weighted by atomic mass is 32.1. The van der Waals surface area contributed by atoms with E-state index in [1.807, 2.05) is 18.2 Å². The van der Waals surface area contributed by atoms with E-state index < -0.39 is 11.7 Å². The molecule has 152 valence electrons. The molecule has 0 amide bonds. The number of hydrogen-bond donors (Lipinski definition) is 0. The van der Waals surface area contributed by atoms with Crippen molar-refractivity contribution in [1.29, 1.82) is 0 Å². The van der Waals surface area contributed by atoms with Gasteiger partial charge in [-0.05, 0) is 41.9 Å². The second-order valence-corrected chi connectivity index (χ2v) is 8.55. The molecule has 5 rings (SSSR count). The number of thiophene rings is 1. The first-order valence-electron chi connectivity index (χ1n) is 9.57. The summed E-state index contributed by atoms with van der Waals surface area (Å²) in [5, 5.41) is 1.49. The van der Waals surface area contributed by atoms with E-state index in [4.69, 9.17) is 0 Å². The molecule has 0 fully saturated rings. The molecule has 0 N–H and O–H groups in total. The molecule has 2 aromatic carbocycles. The van der Waals surface area contributed by atoms with Gasteiger partial charge in [0.2, 0.25) is 0 Å². The molecular weight excluding hydrogens is 407 g/mol. The number of halogens is 3. The number of hydrogen-bond acceptors (Lipinski definition) is 4. The Hall–Kier alpha value is -2.77. The summed E-state index contributed by atoms with van der Waals surface area (Å²) in [6.45, 7) is 1.63. The third-order valence-corrected chi connectivity index (χ3v) is 6.53. The monoisotopic (exact) mass is 425 g/mol. The van der Waals surface area contributed by atoms with Gasteiger partial charge < -0.3 is 4.90 Å². The van der Waals surface area contributed by atoms with Crippen LogP contribution in [-0.4, -0.2) is 28.5 Å². The van der Waals surface area contributed by atoms with Crippen LogP contribution in [-0.2, 0) is 12.7 Å². The Balaban J connectivity index is 1.56. The first-order chi connectivity index (χ1) is 14.4. The summed E-state index contributed by atoms with van der Waals surface area (Å²) < 4.78 is 40.3. The van der Waals surface area contributed by atoms with E-state index >= 15 is 0 Å². The van der Waals surface area contributed by atoms with E-state index in [-0.39, 0.29) is 11.3 Å². The Morgan fingerprint density at radius 1 is 1.07 bits per heavy atom. The fourth-order valence-corrected chi connectivity index (χ4v) is 5.22. The van der Waals surface area contributed by atoms with Crippen molar-refractivity contribution in [2.75, 3.05) is 13.6 Å². The van der Waals surface area contributed by atoms with Crippen molar-refractivity contribution in [2.45, 2.75) is 18.6 Å². The molecular formula is C23H18F3N3S. The van der Waals surface area contributed by atoms with Crippen molar-refractivity contribution in [3.8, 4) is 11.4 Å². The van der Waals surface area contributed by atoms with Crippen LogP contribution in [0.3, 0.4) is 0 Å². The van der Waals surface area contributed by atoms with Gasteiger partial charge in [0.05, 0.1) is 5.56 Å². The smallest absolute Gasteiger partial charge is 0.301 e. The standard InChI is InChI=1S/C23H18F3N3S/c1-29-11-16-9-15(22-27-7-2-8-28-22)4-5-17(16)19(12-29)14-3-6-18-20(23(24,25)26)13-30-21(18)10-14/h2-10,13,19H,11-12H2,1H3. The van der Waals surface area contributed by atoms with Crippen molar-refractivity contribution in [3.05, 3.63) is 82.5 Å². The zero-order valence-electron chi connectivity index (χ0n) is 16.1. The van der Waals surface area contributed by atoms with Crippen molar-refractivity contribution < 1.29 is 13.2 Å². The lowest BCUT2D eigenvalue weighted by Crippen LogP contribution is -2.31. The summed E-state index contributed by atoms with van der Waals surface area (Å²) in [6.07, 6.45) is -0.877. The van der Waals surface area contributed by atoms with E-state index in [2.05, 4.69) is 34.0 Å². The van der Waals surface area contributed by atoms with Crippen LogP contribution >= 0.6 is 11.3 Å². The van der Waals surface area contributed by atoms with Crippen molar-refractivity contribution in [1.82, 2.24) is 14.9 Å². The number of fused-ring (bicyclic) bond motifs is 2. The SMILES string of the molecule is CN1Cc2cc(-c3ncccn3)ccc2C(c2ccc3c(C(F)(F)F)csc3c2)C1. The molecule has 1 atom stereocenters. The minimum atomic E-state index is -4.33. The molecule has 7 heteroatoms. The van der Waals surface area contributed by atoms with Crippen molar-refractivity contribution in [3.63, 3.8) is 0 Å². The number of likely N-dealkylation sites (N-methyl/N-ethyl adjacent to an activating group) is 1. The fraction of sp³-hybridized carbons (Fsp3) is 0.217. The van der Waals surface area contributed by atoms with E-state index in [0.29, 0.717) is 10.5 Å². The number of aromatic nitrogens is 2. The zero-order valence-corrected chi connectivity index (χ0v) is 17.0. The predicted octanol–water partition coefficient (Wildman–Crippen LogP) is 5.95. The maximum absolute atomic E-state index is 13.2. The minimum absolute atomic E-state index is 0.102. The Bertz CT molecular complexity index is 1220. The zero-order chi connectivity index (χ0) is 20.9. The number of rotatable bonds is 2. The lowest BCUT2D eigenvalue weighted by Gasteiger charge is -2.33. The highest BCUT2D eigenvalue weighted by Gasteiger charge is 2.34. The molecule has 0 saturated heterocycles. The van der Waals surface area contributed by atoms with E-state index in [9.17, 15) is 13.2 Å². The Labute approximate surface area is 175 Å². The average molecular weight is 425 g/mol. The van der Waals surface area contributed by atoms with Crippen LogP contribution < -0.4 is 0 Å². The average Bonchev–Trinajstić information content (AvgIpc) is 3.17. The molecule has 1 unspecified atom stereocenters. The van der Waals surface area contributed by atoms with Gasteiger partial charge in [0.15, 0.2) is 5.82 Å². The first-order valence-corrected chi connectivity index (χ1v) is 10.5. The Morgan fingerprint density at radius 3 is 2.63 bits per heavy atom.